The summed E-state index contributed by atoms with van der Waals surface area (Å²) in [5.74, 6) is 2.44. The van der Waals surface area contributed by atoms with Gasteiger partial charge in [0.05, 0.1) is 19.6 Å². The lowest BCUT2D eigenvalue weighted by atomic mass is 10.4. The summed E-state index contributed by atoms with van der Waals surface area (Å²) < 4.78 is 4.91. The van der Waals surface area contributed by atoms with Gasteiger partial charge in [-0.2, -0.15) is 4.98 Å². The van der Waals surface area contributed by atoms with Crippen LogP contribution in [0.5, 0.6) is 0 Å². The topological polar surface area (TPSA) is 79.5 Å². The third-order valence-corrected chi connectivity index (χ3v) is 1.85. The van der Waals surface area contributed by atoms with Gasteiger partial charge in [0.15, 0.2) is 5.82 Å². The van der Waals surface area contributed by atoms with Crippen LogP contribution < -0.4 is 0 Å². The maximum absolute atomic E-state index is 10.6. The Balaban J connectivity index is 2.60. The predicted molar refractivity (Wildman–Crippen MR) is 55.4 cm³/mol. The van der Waals surface area contributed by atoms with Crippen LogP contribution in [-0.2, 0) is 17.8 Å². The van der Waals surface area contributed by atoms with E-state index in [0.29, 0.717) is 18.1 Å². The Hall–Kier alpha value is -1.87. The van der Waals surface area contributed by atoms with Gasteiger partial charge in [0.2, 0.25) is 5.89 Å². The number of carboxylic acid groups (broad SMARTS) is 1. The molecular formula is C10H13N3O3. The van der Waals surface area contributed by atoms with Gasteiger partial charge >= 0.3 is 5.97 Å². The Bertz CT molecular complexity index is 394. The summed E-state index contributed by atoms with van der Waals surface area (Å²) in [7, 11) is 0. The smallest absolute Gasteiger partial charge is 0.317 e. The second-order valence-electron chi connectivity index (χ2n) is 3.20. The van der Waals surface area contributed by atoms with Crippen molar-refractivity contribution in [3.63, 3.8) is 0 Å². The van der Waals surface area contributed by atoms with Gasteiger partial charge < -0.3 is 9.63 Å². The zero-order valence-corrected chi connectivity index (χ0v) is 9.01. The molecule has 0 radical (unpaired) electrons. The first-order valence-electron chi connectivity index (χ1n) is 4.84. The highest BCUT2D eigenvalue weighted by molar-refractivity contribution is 5.69. The van der Waals surface area contributed by atoms with E-state index in [2.05, 4.69) is 16.1 Å². The van der Waals surface area contributed by atoms with Crippen LogP contribution in [0.2, 0.25) is 0 Å². The zero-order chi connectivity index (χ0) is 12.0. The number of hydrogen-bond acceptors (Lipinski definition) is 5. The Kier molecular flexibility index (Phi) is 4.48. The third-order valence-electron chi connectivity index (χ3n) is 1.85. The second kappa shape index (κ2) is 5.88. The fourth-order valence-corrected chi connectivity index (χ4v) is 1.19. The summed E-state index contributed by atoms with van der Waals surface area (Å²) in [6.07, 6.45) is 5.80. The number of terminal acetylenes is 1. The van der Waals surface area contributed by atoms with E-state index >= 15 is 0 Å². The molecule has 6 heteroatoms. The van der Waals surface area contributed by atoms with E-state index in [0.717, 1.165) is 0 Å². The molecule has 1 aromatic heterocycles. The van der Waals surface area contributed by atoms with Crippen molar-refractivity contribution in [3.8, 4) is 12.3 Å². The van der Waals surface area contributed by atoms with Crippen LogP contribution in [0.15, 0.2) is 4.52 Å². The van der Waals surface area contributed by atoms with E-state index < -0.39 is 5.97 Å². The quantitative estimate of drug-likeness (QED) is 0.691. The van der Waals surface area contributed by atoms with Crippen molar-refractivity contribution in [2.75, 3.05) is 13.1 Å². The van der Waals surface area contributed by atoms with Gasteiger partial charge in [-0.3, -0.25) is 9.69 Å². The highest BCUT2D eigenvalue weighted by Crippen LogP contribution is 2.02. The van der Waals surface area contributed by atoms with E-state index in [9.17, 15) is 4.79 Å². The molecular weight excluding hydrogens is 210 g/mol. The van der Waals surface area contributed by atoms with Gasteiger partial charge in [0, 0.05) is 6.42 Å². The van der Waals surface area contributed by atoms with Crippen molar-refractivity contribution < 1.29 is 14.4 Å². The summed E-state index contributed by atoms with van der Waals surface area (Å²) in [6.45, 7) is 2.27. The molecule has 16 heavy (non-hydrogen) atoms. The van der Waals surface area contributed by atoms with Gasteiger partial charge in [-0.1, -0.05) is 18.0 Å². The minimum Gasteiger partial charge on any atom is -0.480 e. The van der Waals surface area contributed by atoms with E-state index in [-0.39, 0.29) is 19.6 Å². The summed E-state index contributed by atoms with van der Waals surface area (Å²) in [5.41, 5.74) is 0. The Morgan fingerprint density at radius 3 is 2.94 bits per heavy atom. The number of rotatable bonds is 6. The second-order valence-corrected chi connectivity index (χ2v) is 3.20. The van der Waals surface area contributed by atoms with Crippen LogP contribution in [-0.4, -0.2) is 39.2 Å². The molecule has 0 unspecified atom stereocenters. The molecule has 0 aliphatic heterocycles. The minimum atomic E-state index is -0.936. The molecule has 1 heterocycles. The Labute approximate surface area is 93.3 Å². The van der Waals surface area contributed by atoms with E-state index in [4.69, 9.17) is 16.1 Å². The van der Waals surface area contributed by atoms with Crippen LogP contribution in [0.4, 0.5) is 0 Å². The molecule has 1 rings (SSSR count). The number of nitrogens with zero attached hydrogens (tertiary/aromatic N) is 3. The van der Waals surface area contributed by atoms with Crippen LogP contribution >= 0.6 is 0 Å². The maximum Gasteiger partial charge on any atom is 0.317 e. The van der Waals surface area contributed by atoms with E-state index in [1.807, 2.05) is 6.92 Å². The lowest BCUT2D eigenvalue weighted by Crippen LogP contribution is -2.30. The lowest BCUT2D eigenvalue weighted by Gasteiger charge is -2.14. The SMILES string of the molecule is C#CCN(CC(=O)O)Cc1noc(CC)n1. The highest BCUT2D eigenvalue weighted by Gasteiger charge is 2.12. The summed E-state index contributed by atoms with van der Waals surface area (Å²) >= 11 is 0. The minimum absolute atomic E-state index is 0.139. The first-order valence-corrected chi connectivity index (χ1v) is 4.84. The first-order chi connectivity index (χ1) is 7.65. The van der Waals surface area contributed by atoms with Crippen molar-refractivity contribution >= 4 is 5.97 Å². The Morgan fingerprint density at radius 2 is 2.44 bits per heavy atom. The average Bonchev–Trinajstić information content (AvgIpc) is 2.65. The van der Waals surface area contributed by atoms with Crippen LogP contribution in [0.25, 0.3) is 0 Å². The molecule has 0 amide bonds. The van der Waals surface area contributed by atoms with Crippen molar-refractivity contribution in [1.82, 2.24) is 15.0 Å². The molecule has 0 saturated heterocycles. The lowest BCUT2D eigenvalue weighted by molar-refractivity contribution is -0.138. The monoisotopic (exact) mass is 223 g/mol. The van der Waals surface area contributed by atoms with Crippen molar-refractivity contribution in [3.05, 3.63) is 11.7 Å². The van der Waals surface area contributed by atoms with E-state index in [1.165, 1.54) is 0 Å². The predicted octanol–water partition coefficient (Wildman–Crippen LogP) is 0.152. The molecule has 6 nitrogen and oxygen atoms in total. The molecule has 0 atom stereocenters. The van der Waals surface area contributed by atoms with Crippen LogP contribution in [0.1, 0.15) is 18.6 Å². The maximum atomic E-state index is 10.6. The van der Waals surface area contributed by atoms with Gasteiger partial charge in [0.1, 0.15) is 0 Å². The van der Waals surface area contributed by atoms with Gasteiger partial charge in [-0.05, 0) is 0 Å². The fourth-order valence-electron chi connectivity index (χ4n) is 1.19. The molecule has 0 aliphatic rings. The highest BCUT2D eigenvalue weighted by atomic mass is 16.5. The van der Waals surface area contributed by atoms with Crippen molar-refractivity contribution in [2.24, 2.45) is 0 Å². The molecule has 0 saturated carbocycles. The standard InChI is InChI=1S/C10H13N3O3/c1-3-5-13(7-10(14)15)6-8-11-9(4-2)16-12-8/h1H,4-7H2,2H3,(H,14,15). The fraction of sp³-hybridized carbons (Fsp3) is 0.500. The number of aromatic nitrogens is 2. The van der Waals surface area contributed by atoms with Crippen LogP contribution in [0.3, 0.4) is 0 Å². The third kappa shape index (κ3) is 3.71. The molecule has 1 aromatic rings. The molecule has 0 fully saturated rings. The number of carboxylic acids is 1. The Morgan fingerprint density at radius 1 is 1.69 bits per heavy atom. The number of hydrogen-bond donors (Lipinski definition) is 1. The molecule has 0 aromatic carbocycles. The number of aryl methyl sites for hydroxylation is 1. The van der Waals surface area contributed by atoms with E-state index in [1.54, 1.807) is 4.90 Å². The molecule has 0 bridgehead atoms. The molecule has 0 spiro atoms. The number of carbonyl (C=O) groups is 1. The zero-order valence-electron chi connectivity index (χ0n) is 9.01. The summed E-state index contributed by atoms with van der Waals surface area (Å²) in [6, 6.07) is 0. The van der Waals surface area contributed by atoms with Crippen LogP contribution in [0, 0.1) is 12.3 Å². The molecule has 1 N–H and O–H groups in total. The van der Waals surface area contributed by atoms with Gasteiger partial charge in [0.25, 0.3) is 0 Å². The van der Waals surface area contributed by atoms with Gasteiger partial charge in [-0.25, -0.2) is 0 Å². The summed E-state index contributed by atoms with van der Waals surface area (Å²) in [4.78, 5) is 16.2. The average molecular weight is 223 g/mol. The molecule has 0 aliphatic carbocycles. The van der Waals surface area contributed by atoms with Gasteiger partial charge in [-0.15, -0.1) is 6.42 Å². The largest absolute Gasteiger partial charge is 0.480 e. The normalized spacial score (nSPS) is 10.3. The first kappa shape index (κ1) is 12.2. The number of aliphatic carboxylic acids is 1. The molecule has 86 valence electrons. The summed E-state index contributed by atoms with van der Waals surface area (Å²) in [5, 5.41) is 12.4. The van der Waals surface area contributed by atoms with Crippen molar-refractivity contribution in [1.29, 1.82) is 0 Å². The van der Waals surface area contributed by atoms with Crippen molar-refractivity contribution in [2.45, 2.75) is 19.9 Å².